The zero-order chi connectivity index (χ0) is 14.6. The van der Waals surface area contributed by atoms with E-state index in [0.29, 0.717) is 0 Å². The SMILES string of the molecule is CC(C)(C)[S@@+]([O-])NC(CC(=O)O)c1cccc(Br)c1. The maximum absolute atomic E-state index is 12.1. The van der Waals surface area contributed by atoms with Gasteiger partial charge in [0.1, 0.15) is 4.75 Å². The van der Waals surface area contributed by atoms with Crippen LogP contribution in [0.3, 0.4) is 0 Å². The zero-order valence-corrected chi connectivity index (χ0v) is 13.5. The molecule has 0 spiro atoms. The lowest BCUT2D eigenvalue weighted by atomic mass is 10.1. The number of halogens is 1. The quantitative estimate of drug-likeness (QED) is 0.803. The molecule has 0 saturated heterocycles. The number of rotatable bonds is 5. The smallest absolute Gasteiger partial charge is 0.305 e. The van der Waals surface area contributed by atoms with E-state index in [-0.39, 0.29) is 6.42 Å². The summed E-state index contributed by atoms with van der Waals surface area (Å²) in [6.45, 7) is 5.53. The second-order valence-corrected chi connectivity index (χ2v) is 8.12. The van der Waals surface area contributed by atoms with Gasteiger partial charge in [-0.1, -0.05) is 28.1 Å². The van der Waals surface area contributed by atoms with Crippen LogP contribution in [0.25, 0.3) is 0 Å². The van der Waals surface area contributed by atoms with Crippen molar-refractivity contribution in [2.45, 2.75) is 38.0 Å². The lowest BCUT2D eigenvalue weighted by molar-refractivity contribution is -0.137. The summed E-state index contributed by atoms with van der Waals surface area (Å²) in [7, 11) is 0. The maximum atomic E-state index is 12.1. The standard InChI is InChI=1S/C13H18BrNO3S/c1-13(2,3)19(18)15-11(8-12(16)17)9-5-4-6-10(14)7-9/h4-7,11,15H,8H2,1-3H3,(H,16,17)/t11?,19-/m1/s1. The number of carboxylic acid groups (broad SMARTS) is 1. The van der Waals surface area contributed by atoms with Crippen LogP contribution in [-0.4, -0.2) is 20.4 Å². The summed E-state index contributed by atoms with van der Waals surface area (Å²) < 4.78 is 15.4. The van der Waals surface area contributed by atoms with Gasteiger partial charge < -0.3 is 9.66 Å². The summed E-state index contributed by atoms with van der Waals surface area (Å²) >= 11 is 2.03. The third-order valence-electron chi connectivity index (χ3n) is 2.44. The molecule has 0 heterocycles. The predicted octanol–water partition coefficient (Wildman–Crippen LogP) is 3.02. The van der Waals surface area contributed by atoms with Crippen molar-refractivity contribution in [3.63, 3.8) is 0 Å². The van der Waals surface area contributed by atoms with Gasteiger partial charge in [0.15, 0.2) is 0 Å². The van der Waals surface area contributed by atoms with Crippen LogP contribution >= 0.6 is 15.9 Å². The van der Waals surface area contributed by atoms with Crippen LogP contribution in [0, 0.1) is 0 Å². The minimum atomic E-state index is -1.32. The van der Waals surface area contributed by atoms with Gasteiger partial charge in [0, 0.05) is 15.8 Å². The highest BCUT2D eigenvalue weighted by atomic mass is 79.9. The van der Waals surface area contributed by atoms with Gasteiger partial charge in [0.25, 0.3) is 0 Å². The molecule has 1 aromatic carbocycles. The summed E-state index contributed by atoms with van der Waals surface area (Å²) in [5.41, 5.74) is 0.800. The Kier molecular flexibility index (Phi) is 5.85. The Morgan fingerprint density at radius 1 is 1.53 bits per heavy atom. The van der Waals surface area contributed by atoms with E-state index in [1.807, 2.05) is 45.0 Å². The van der Waals surface area contributed by atoms with Crippen molar-refractivity contribution < 1.29 is 14.5 Å². The average molecular weight is 348 g/mol. The largest absolute Gasteiger partial charge is 0.598 e. The van der Waals surface area contributed by atoms with Gasteiger partial charge in [0.2, 0.25) is 0 Å². The summed E-state index contributed by atoms with van der Waals surface area (Å²) in [5, 5.41) is 8.98. The van der Waals surface area contributed by atoms with E-state index in [2.05, 4.69) is 20.7 Å². The third kappa shape index (κ3) is 5.52. The highest BCUT2D eigenvalue weighted by Gasteiger charge is 2.30. The van der Waals surface area contributed by atoms with Gasteiger partial charge in [-0.05, 0) is 38.5 Å². The molecule has 0 saturated carbocycles. The van der Waals surface area contributed by atoms with Crippen LogP contribution in [-0.2, 0) is 16.2 Å². The van der Waals surface area contributed by atoms with Gasteiger partial charge in [-0.2, -0.15) is 0 Å². The maximum Gasteiger partial charge on any atom is 0.305 e. The summed E-state index contributed by atoms with van der Waals surface area (Å²) in [6, 6.07) is 6.87. The Morgan fingerprint density at radius 3 is 2.63 bits per heavy atom. The molecule has 0 aliphatic carbocycles. The van der Waals surface area contributed by atoms with Crippen LogP contribution in [0.4, 0.5) is 0 Å². The molecule has 0 bridgehead atoms. The molecule has 106 valence electrons. The Hall–Kier alpha value is -0.560. The highest BCUT2D eigenvalue weighted by Crippen LogP contribution is 2.24. The van der Waals surface area contributed by atoms with E-state index >= 15 is 0 Å². The van der Waals surface area contributed by atoms with E-state index in [9.17, 15) is 9.35 Å². The molecule has 6 heteroatoms. The first-order valence-corrected chi connectivity index (χ1v) is 7.79. The normalized spacial score (nSPS) is 15.0. The highest BCUT2D eigenvalue weighted by molar-refractivity contribution is 9.10. The number of hydrogen-bond donors (Lipinski definition) is 2. The minimum Gasteiger partial charge on any atom is -0.598 e. The van der Waals surface area contributed by atoms with E-state index in [4.69, 9.17) is 5.11 Å². The fraction of sp³-hybridized carbons (Fsp3) is 0.462. The fourth-order valence-corrected chi connectivity index (χ4v) is 2.68. The van der Waals surface area contributed by atoms with Crippen molar-refractivity contribution in [2.24, 2.45) is 0 Å². The number of carbonyl (C=O) groups is 1. The lowest BCUT2D eigenvalue weighted by Crippen LogP contribution is -2.41. The molecule has 0 radical (unpaired) electrons. The molecule has 2 N–H and O–H groups in total. The Balaban J connectivity index is 2.92. The molecule has 19 heavy (non-hydrogen) atoms. The molecule has 0 aliphatic heterocycles. The topological polar surface area (TPSA) is 72.4 Å². The number of aliphatic carboxylic acids is 1. The van der Waals surface area contributed by atoms with Crippen molar-refractivity contribution in [2.75, 3.05) is 0 Å². The molecular weight excluding hydrogens is 330 g/mol. The molecule has 4 nitrogen and oxygen atoms in total. The molecule has 0 fully saturated rings. The van der Waals surface area contributed by atoms with Crippen LogP contribution in [0.5, 0.6) is 0 Å². The van der Waals surface area contributed by atoms with E-state index in [1.54, 1.807) is 0 Å². The summed E-state index contributed by atoms with van der Waals surface area (Å²) in [4.78, 5) is 10.9. The first-order chi connectivity index (χ1) is 8.70. The van der Waals surface area contributed by atoms with Crippen LogP contribution in [0.2, 0.25) is 0 Å². The summed E-state index contributed by atoms with van der Waals surface area (Å²) in [6.07, 6.45) is -0.113. The van der Waals surface area contributed by atoms with Crippen LogP contribution in [0.15, 0.2) is 28.7 Å². The second-order valence-electron chi connectivity index (χ2n) is 5.20. The molecule has 2 atom stereocenters. The molecule has 0 aliphatic rings. The number of carboxylic acids is 1. The van der Waals surface area contributed by atoms with Gasteiger partial charge in [-0.3, -0.25) is 4.79 Å². The van der Waals surface area contributed by atoms with Crippen molar-refractivity contribution in [3.8, 4) is 0 Å². The first-order valence-electron chi connectivity index (χ1n) is 5.85. The van der Waals surface area contributed by atoms with Gasteiger partial charge >= 0.3 is 5.97 Å². The minimum absolute atomic E-state index is 0.113. The molecule has 0 aromatic heterocycles. The predicted molar refractivity (Wildman–Crippen MR) is 80.2 cm³/mol. The Bertz CT molecular complexity index is 448. The Labute approximate surface area is 125 Å². The van der Waals surface area contributed by atoms with E-state index in [0.717, 1.165) is 10.0 Å². The number of benzene rings is 1. The fourth-order valence-electron chi connectivity index (χ4n) is 1.43. The Morgan fingerprint density at radius 2 is 2.16 bits per heavy atom. The first kappa shape index (κ1) is 16.5. The van der Waals surface area contributed by atoms with Crippen LogP contribution < -0.4 is 4.72 Å². The van der Waals surface area contributed by atoms with Crippen molar-refractivity contribution in [1.29, 1.82) is 0 Å². The monoisotopic (exact) mass is 347 g/mol. The lowest BCUT2D eigenvalue weighted by Gasteiger charge is -2.27. The van der Waals surface area contributed by atoms with Gasteiger partial charge in [-0.15, -0.1) is 4.72 Å². The molecule has 1 unspecified atom stereocenters. The summed E-state index contributed by atoms with van der Waals surface area (Å²) in [5.74, 6) is -0.927. The second kappa shape index (κ2) is 6.74. The average Bonchev–Trinajstić information content (AvgIpc) is 2.26. The molecule has 1 aromatic rings. The number of hydrogen-bond acceptors (Lipinski definition) is 3. The van der Waals surface area contributed by atoms with E-state index in [1.165, 1.54) is 0 Å². The van der Waals surface area contributed by atoms with Crippen molar-refractivity contribution >= 4 is 33.3 Å². The molecule has 1 rings (SSSR count). The molecule has 0 amide bonds. The van der Waals surface area contributed by atoms with Crippen molar-refractivity contribution in [1.82, 2.24) is 4.72 Å². The van der Waals surface area contributed by atoms with Gasteiger partial charge in [-0.25, -0.2) is 0 Å². The number of nitrogens with one attached hydrogen (secondary N) is 1. The zero-order valence-electron chi connectivity index (χ0n) is 11.1. The van der Waals surface area contributed by atoms with E-state index < -0.39 is 28.1 Å². The van der Waals surface area contributed by atoms with Crippen molar-refractivity contribution in [3.05, 3.63) is 34.3 Å². The van der Waals surface area contributed by atoms with Gasteiger partial charge in [0.05, 0.1) is 12.5 Å². The van der Waals surface area contributed by atoms with Crippen LogP contribution in [0.1, 0.15) is 38.8 Å². The molecular formula is C13H18BrNO3S. The third-order valence-corrected chi connectivity index (χ3v) is 4.54.